The lowest BCUT2D eigenvalue weighted by atomic mass is 9.80. The molecule has 0 saturated carbocycles. The fourth-order valence-electron chi connectivity index (χ4n) is 1.62. The van der Waals surface area contributed by atoms with Crippen LogP contribution in [-0.2, 0) is 14.3 Å². The molecule has 1 aliphatic heterocycles. The fraction of sp³-hybridized carbons (Fsp3) is 0.636. The van der Waals surface area contributed by atoms with E-state index >= 15 is 0 Å². The minimum absolute atomic E-state index is 0.0399. The van der Waals surface area contributed by atoms with Gasteiger partial charge in [0.1, 0.15) is 5.41 Å². The lowest BCUT2D eigenvalue weighted by molar-refractivity contribution is -0.149. The van der Waals surface area contributed by atoms with Crippen molar-refractivity contribution in [1.82, 2.24) is 0 Å². The van der Waals surface area contributed by atoms with Crippen molar-refractivity contribution in [2.75, 3.05) is 0 Å². The molecule has 0 N–H and O–H groups in total. The first-order valence-corrected chi connectivity index (χ1v) is 4.79. The minimum atomic E-state index is -1.00. The molecule has 3 heteroatoms. The van der Waals surface area contributed by atoms with E-state index in [-0.39, 0.29) is 11.7 Å². The zero-order valence-corrected chi connectivity index (χ0v) is 8.87. The number of hydrogen-bond acceptors (Lipinski definition) is 3. The van der Waals surface area contributed by atoms with Gasteiger partial charge in [0.15, 0.2) is 11.9 Å². The molecular weight excluding hydrogens is 180 g/mol. The van der Waals surface area contributed by atoms with Gasteiger partial charge in [-0.3, -0.25) is 9.59 Å². The van der Waals surface area contributed by atoms with Crippen molar-refractivity contribution in [3.05, 3.63) is 12.7 Å². The molecule has 1 aliphatic rings. The SMILES string of the molecule is C=CC[C@@]1(C)C(=O)O[C@@H](C(C)C)C1=O. The molecule has 0 amide bonds. The number of allylic oxidation sites excluding steroid dienone is 1. The number of carbonyl (C=O) groups excluding carboxylic acids is 2. The maximum absolute atomic E-state index is 11.9. The van der Waals surface area contributed by atoms with Crippen LogP contribution in [0.4, 0.5) is 0 Å². The van der Waals surface area contributed by atoms with Crippen molar-refractivity contribution in [2.45, 2.75) is 33.3 Å². The Balaban J connectivity index is 2.95. The van der Waals surface area contributed by atoms with Gasteiger partial charge in [0.2, 0.25) is 0 Å². The summed E-state index contributed by atoms with van der Waals surface area (Å²) >= 11 is 0. The van der Waals surface area contributed by atoms with Gasteiger partial charge in [0.25, 0.3) is 0 Å². The molecule has 1 saturated heterocycles. The van der Waals surface area contributed by atoms with E-state index in [1.807, 2.05) is 13.8 Å². The highest BCUT2D eigenvalue weighted by molar-refractivity contribution is 6.10. The molecule has 3 nitrogen and oxygen atoms in total. The molecule has 78 valence electrons. The summed E-state index contributed by atoms with van der Waals surface area (Å²) in [4.78, 5) is 23.4. The van der Waals surface area contributed by atoms with Gasteiger partial charge >= 0.3 is 5.97 Å². The normalized spacial score (nSPS) is 32.1. The number of esters is 1. The predicted molar refractivity (Wildman–Crippen MR) is 52.6 cm³/mol. The zero-order chi connectivity index (χ0) is 10.9. The van der Waals surface area contributed by atoms with Crippen LogP contribution in [0, 0.1) is 11.3 Å². The molecule has 0 bridgehead atoms. The van der Waals surface area contributed by atoms with Gasteiger partial charge in [-0.2, -0.15) is 0 Å². The first kappa shape index (κ1) is 11.0. The highest BCUT2D eigenvalue weighted by atomic mass is 16.6. The van der Waals surface area contributed by atoms with Gasteiger partial charge in [0.05, 0.1) is 0 Å². The molecule has 14 heavy (non-hydrogen) atoms. The minimum Gasteiger partial charge on any atom is -0.453 e. The van der Waals surface area contributed by atoms with E-state index in [1.165, 1.54) is 0 Å². The summed E-state index contributed by atoms with van der Waals surface area (Å²) < 4.78 is 5.07. The smallest absolute Gasteiger partial charge is 0.320 e. The third-order valence-electron chi connectivity index (χ3n) is 2.64. The molecule has 0 radical (unpaired) electrons. The Morgan fingerprint density at radius 3 is 2.50 bits per heavy atom. The largest absolute Gasteiger partial charge is 0.453 e. The van der Waals surface area contributed by atoms with Crippen molar-refractivity contribution in [3.63, 3.8) is 0 Å². The monoisotopic (exact) mass is 196 g/mol. The van der Waals surface area contributed by atoms with Gasteiger partial charge in [-0.05, 0) is 19.3 Å². The van der Waals surface area contributed by atoms with Gasteiger partial charge in [-0.1, -0.05) is 19.9 Å². The maximum atomic E-state index is 11.9. The van der Waals surface area contributed by atoms with E-state index < -0.39 is 17.5 Å². The summed E-state index contributed by atoms with van der Waals surface area (Å²) in [5.41, 5.74) is -1.00. The van der Waals surface area contributed by atoms with E-state index in [0.717, 1.165) is 0 Å². The summed E-state index contributed by atoms with van der Waals surface area (Å²) in [6.07, 6.45) is 1.36. The Labute approximate surface area is 84.1 Å². The van der Waals surface area contributed by atoms with Crippen LogP contribution >= 0.6 is 0 Å². The summed E-state index contributed by atoms with van der Waals surface area (Å²) in [6.45, 7) is 8.92. The molecule has 0 spiro atoms. The molecule has 1 rings (SSSR count). The van der Waals surface area contributed by atoms with Gasteiger partial charge in [0, 0.05) is 0 Å². The Kier molecular flexibility index (Phi) is 2.79. The second kappa shape index (κ2) is 3.56. The molecule has 0 aliphatic carbocycles. The van der Waals surface area contributed by atoms with Gasteiger partial charge in [-0.25, -0.2) is 0 Å². The quantitative estimate of drug-likeness (QED) is 0.392. The average molecular weight is 196 g/mol. The summed E-state index contributed by atoms with van der Waals surface area (Å²) in [5, 5.41) is 0. The van der Waals surface area contributed by atoms with E-state index in [1.54, 1.807) is 13.0 Å². The van der Waals surface area contributed by atoms with Crippen LogP contribution in [0.25, 0.3) is 0 Å². The highest BCUT2D eigenvalue weighted by Crippen LogP contribution is 2.36. The van der Waals surface area contributed by atoms with Crippen LogP contribution < -0.4 is 0 Å². The molecule has 0 aromatic rings. The Hall–Kier alpha value is -1.12. The third-order valence-corrected chi connectivity index (χ3v) is 2.64. The van der Waals surface area contributed by atoms with Crippen LogP contribution in [0.5, 0.6) is 0 Å². The van der Waals surface area contributed by atoms with E-state index in [4.69, 9.17) is 4.74 Å². The topological polar surface area (TPSA) is 43.4 Å². The Morgan fingerprint density at radius 2 is 2.14 bits per heavy atom. The molecule has 0 aromatic heterocycles. The third kappa shape index (κ3) is 1.47. The van der Waals surface area contributed by atoms with Crippen molar-refractivity contribution in [1.29, 1.82) is 0 Å². The molecule has 0 unspecified atom stereocenters. The first-order chi connectivity index (χ1) is 6.43. The fourth-order valence-corrected chi connectivity index (χ4v) is 1.62. The summed E-state index contributed by atoms with van der Waals surface area (Å²) in [6, 6.07) is 0. The van der Waals surface area contributed by atoms with Crippen molar-refractivity contribution in [2.24, 2.45) is 11.3 Å². The number of rotatable bonds is 3. The van der Waals surface area contributed by atoms with E-state index in [9.17, 15) is 9.59 Å². The second-order valence-electron chi connectivity index (χ2n) is 4.26. The van der Waals surface area contributed by atoms with Crippen LogP contribution in [0.2, 0.25) is 0 Å². The Morgan fingerprint density at radius 1 is 1.57 bits per heavy atom. The van der Waals surface area contributed by atoms with Gasteiger partial charge in [-0.15, -0.1) is 6.58 Å². The maximum Gasteiger partial charge on any atom is 0.320 e. The zero-order valence-electron chi connectivity index (χ0n) is 8.87. The van der Waals surface area contributed by atoms with E-state index in [2.05, 4.69) is 6.58 Å². The summed E-state index contributed by atoms with van der Waals surface area (Å²) in [7, 11) is 0. The number of Topliss-reactive ketones (excluding diaryl/α,β-unsaturated/α-hetero) is 1. The average Bonchev–Trinajstić information content (AvgIpc) is 2.31. The van der Waals surface area contributed by atoms with Gasteiger partial charge < -0.3 is 4.74 Å². The molecule has 2 atom stereocenters. The highest BCUT2D eigenvalue weighted by Gasteiger charge is 2.53. The van der Waals surface area contributed by atoms with Crippen LogP contribution in [0.3, 0.4) is 0 Å². The molecule has 1 heterocycles. The number of ether oxygens (including phenoxy) is 1. The van der Waals surface area contributed by atoms with E-state index in [0.29, 0.717) is 6.42 Å². The lowest BCUT2D eigenvalue weighted by Crippen LogP contribution is -2.33. The van der Waals surface area contributed by atoms with Crippen LogP contribution in [0.1, 0.15) is 27.2 Å². The van der Waals surface area contributed by atoms with Crippen LogP contribution in [-0.4, -0.2) is 17.9 Å². The number of carbonyl (C=O) groups is 2. The first-order valence-electron chi connectivity index (χ1n) is 4.79. The number of cyclic esters (lactones) is 1. The number of ketones is 1. The van der Waals surface area contributed by atoms with Crippen LogP contribution in [0.15, 0.2) is 12.7 Å². The second-order valence-corrected chi connectivity index (χ2v) is 4.26. The molecule has 1 fully saturated rings. The predicted octanol–water partition coefficient (Wildman–Crippen LogP) is 1.72. The number of hydrogen-bond donors (Lipinski definition) is 0. The van der Waals surface area contributed by atoms with Crippen molar-refractivity contribution < 1.29 is 14.3 Å². The Bertz CT molecular complexity index is 280. The summed E-state index contributed by atoms with van der Waals surface area (Å²) in [5.74, 6) is -0.489. The molecule has 0 aromatic carbocycles. The van der Waals surface area contributed by atoms with Crippen molar-refractivity contribution in [3.8, 4) is 0 Å². The lowest BCUT2D eigenvalue weighted by Gasteiger charge is -2.15. The standard InChI is InChI=1S/C11H16O3/c1-5-6-11(4)9(12)8(7(2)3)14-10(11)13/h5,7-8H,1,6H2,2-4H3/t8-,11+/m0/s1. The van der Waals surface area contributed by atoms with Crippen molar-refractivity contribution >= 4 is 11.8 Å². The molecular formula is C11H16O3.